The Morgan fingerprint density at radius 1 is 1.12 bits per heavy atom. The number of ether oxygens (including phenoxy) is 1. The maximum Gasteiger partial charge on any atom is 0.325 e. The highest BCUT2D eigenvalue weighted by Gasteiger charge is 2.44. The van der Waals surface area contributed by atoms with Crippen LogP contribution in [0.2, 0.25) is 0 Å². The zero-order chi connectivity index (χ0) is 17.3. The first-order chi connectivity index (χ1) is 11.5. The number of piperidine rings is 1. The van der Waals surface area contributed by atoms with Crippen molar-refractivity contribution in [3.05, 3.63) is 35.9 Å². The second-order valence-corrected chi connectivity index (χ2v) is 7.14. The molecule has 0 radical (unpaired) electrons. The lowest BCUT2D eigenvalue weighted by atomic mass is 9.96. The van der Waals surface area contributed by atoms with E-state index in [-0.39, 0.29) is 6.10 Å². The van der Waals surface area contributed by atoms with E-state index >= 15 is 0 Å². The van der Waals surface area contributed by atoms with Gasteiger partial charge in [-0.15, -0.1) is 0 Å². The van der Waals surface area contributed by atoms with Gasteiger partial charge in [0, 0.05) is 31.0 Å². The largest absolute Gasteiger partial charge is 0.480 e. The summed E-state index contributed by atoms with van der Waals surface area (Å²) in [5, 5.41) is 9.45. The molecule has 2 aliphatic rings. The number of esters is 1. The Bertz CT molecular complexity index is 587. The molecule has 0 aliphatic carbocycles. The minimum Gasteiger partial charge on any atom is -0.480 e. The molecule has 1 aromatic rings. The number of carboxylic acids is 1. The third-order valence-electron chi connectivity index (χ3n) is 5.24. The molecule has 5 heteroatoms. The van der Waals surface area contributed by atoms with Gasteiger partial charge in [-0.05, 0) is 32.3 Å². The molecule has 2 saturated heterocycles. The standard InChI is InChI=1S/C19H25NO4/c1-12(2)20-14-8-9-15(20)11-16(10-14)24-19(23)17(18(21)22)13-6-4-3-5-7-13/h3-7,12,14-17H,8-11H2,1-2H3,(H,21,22)/t14-,15+,16?,17?. The number of carbonyl (C=O) groups is 2. The molecule has 5 nitrogen and oxygen atoms in total. The number of carboxylic acid groups (broad SMARTS) is 1. The van der Waals surface area contributed by atoms with Gasteiger partial charge in [-0.3, -0.25) is 14.5 Å². The average molecular weight is 331 g/mol. The first-order valence-corrected chi connectivity index (χ1v) is 8.73. The molecular formula is C19H25NO4. The number of fused-ring (bicyclic) bond motifs is 2. The van der Waals surface area contributed by atoms with Crippen LogP contribution in [0.4, 0.5) is 0 Å². The highest BCUT2D eigenvalue weighted by molar-refractivity contribution is 6.00. The molecule has 0 saturated carbocycles. The van der Waals surface area contributed by atoms with Crippen LogP contribution in [0.5, 0.6) is 0 Å². The highest BCUT2D eigenvalue weighted by Crippen LogP contribution is 2.38. The van der Waals surface area contributed by atoms with Gasteiger partial charge in [-0.2, -0.15) is 0 Å². The molecule has 3 rings (SSSR count). The summed E-state index contributed by atoms with van der Waals surface area (Å²) in [6.45, 7) is 4.40. The van der Waals surface area contributed by atoms with E-state index in [2.05, 4.69) is 18.7 Å². The molecule has 2 heterocycles. The summed E-state index contributed by atoms with van der Waals surface area (Å²) in [4.78, 5) is 26.6. The van der Waals surface area contributed by atoms with Crippen molar-refractivity contribution < 1.29 is 19.4 Å². The van der Waals surface area contributed by atoms with Crippen molar-refractivity contribution in [3.8, 4) is 0 Å². The Morgan fingerprint density at radius 3 is 2.21 bits per heavy atom. The normalized spacial score (nSPS) is 27.9. The Labute approximate surface area is 142 Å². The van der Waals surface area contributed by atoms with Gasteiger partial charge in [0.05, 0.1) is 0 Å². The fourth-order valence-corrected chi connectivity index (χ4v) is 4.36. The third kappa shape index (κ3) is 3.31. The summed E-state index contributed by atoms with van der Waals surface area (Å²) < 4.78 is 5.63. The van der Waals surface area contributed by atoms with Crippen molar-refractivity contribution in [2.45, 2.75) is 69.7 Å². The molecule has 130 valence electrons. The minimum atomic E-state index is -1.24. The maximum absolute atomic E-state index is 12.5. The molecule has 24 heavy (non-hydrogen) atoms. The predicted octanol–water partition coefficient (Wildman–Crippen LogP) is 2.80. The topological polar surface area (TPSA) is 66.8 Å². The monoisotopic (exact) mass is 331 g/mol. The Balaban J connectivity index is 1.68. The summed E-state index contributed by atoms with van der Waals surface area (Å²) in [6.07, 6.45) is 3.72. The molecule has 2 aliphatic heterocycles. The SMILES string of the molecule is CC(C)N1[C@@H]2CC[C@H]1CC(OC(=O)C(C(=O)O)c1ccccc1)C2. The lowest BCUT2D eigenvalue weighted by Gasteiger charge is -2.41. The molecule has 1 aromatic carbocycles. The van der Waals surface area contributed by atoms with Crippen LogP contribution in [-0.2, 0) is 14.3 Å². The fourth-order valence-electron chi connectivity index (χ4n) is 4.36. The van der Waals surface area contributed by atoms with Gasteiger partial charge in [0.1, 0.15) is 6.10 Å². The summed E-state index contributed by atoms with van der Waals surface area (Å²) >= 11 is 0. The van der Waals surface area contributed by atoms with Crippen molar-refractivity contribution in [3.63, 3.8) is 0 Å². The van der Waals surface area contributed by atoms with Crippen LogP contribution in [0.15, 0.2) is 30.3 Å². The van der Waals surface area contributed by atoms with Crippen LogP contribution >= 0.6 is 0 Å². The van der Waals surface area contributed by atoms with E-state index in [0.717, 1.165) is 25.7 Å². The van der Waals surface area contributed by atoms with Gasteiger partial charge in [-0.25, -0.2) is 0 Å². The van der Waals surface area contributed by atoms with E-state index in [0.29, 0.717) is 23.7 Å². The Hall–Kier alpha value is -1.88. The van der Waals surface area contributed by atoms with E-state index in [1.165, 1.54) is 0 Å². The van der Waals surface area contributed by atoms with Crippen molar-refractivity contribution in [2.24, 2.45) is 0 Å². The third-order valence-corrected chi connectivity index (χ3v) is 5.24. The fraction of sp³-hybridized carbons (Fsp3) is 0.579. The molecule has 2 unspecified atom stereocenters. The first kappa shape index (κ1) is 17.0. The number of rotatable bonds is 5. The second-order valence-electron chi connectivity index (χ2n) is 7.14. The molecule has 0 aromatic heterocycles. The zero-order valence-electron chi connectivity index (χ0n) is 14.2. The predicted molar refractivity (Wildman–Crippen MR) is 89.7 cm³/mol. The van der Waals surface area contributed by atoms with Crippen molar-refractivity contribution in [2.75, 3.05) is 0 Å². The smallest absolute Gasteiger partial charge is 0.325 e. The number of carbonyl (C=O) groups excluding carboxylic acids is 1. The molecule has 2 fully saturated rings. The van der Waals surface area contributed by atoms with E-state index < -0.39 is 17.9 Å². The van der Waals surface area contributed by atoms with Gasteiger partial charge in [0.15, 0.2) is 5.92 Å². The Kier molecular flexibility index (Phi) is 4.90. The van der Waals surface area contributed by atoms with E-state index in [9.17, 15) is 14.7 Å². The van der Waals surface area contributed by atoms with Crippen LogP contribution in [0.1, 0.15) is 51.0 Å². The molecule has 1 N–H and O–H groups in total. The minimum absolute atomic E-state index is 0.171. The number of benzene rings is 1. The number of hydrogen-bond donors (Lipinski definition) is 1. The van der Waals surface area contributed by atoms with Gasteiger partial charge in [-0.1, -0.05) is 30.3 Å². The summed E-state index contributed by atoms with van der Waals surface area (Å²) in [6, 6.07) is 9.97. The quantitative estimate of drug-likeness (QED) is 0.664. The van der Waals surface area contributed by atoms with Crippen LogP contribution in [-0.4, -0.2) is 46.2 Å². The van der Waals surface area contributed by atoms with Gasteiger partial charge in [0.2, 0.25) is 0 Å². The first-order valence-electron chi connectivity index (χ1n) is 8.73. The number of nitrogens with zero attached hydrogens (tertiary/aromatic N) is 1. The number of aliphatic carboxylic acids is 1. The van der Waals surface area contributed by atoms with Crippen LogP contribution < -0.4 is 0 Å². The summed E-state index contributed by atoms with van der Waals surface area (Å²) in [5.41, 5.74) is 0.470. The zero-order valence-corrected chi connectivity index (χ0v) is 14.2. The van der Waals surface area contributed by atoms with Crippen molar-refractivity contribution in [1.29, 1.82) is 0 Å². The lowest BCUT2D eigenvalue weighted by Crippen LogP contribution is -2.49. The van der Waals surface area contributed by atoms with E-state index in [1.807, 2.05) is 0 Å². The molecule has 0 spiro atoms. The number of hydrogen-bond acceptors (Lipinski definition) is 4. The molecule has 0 amide bonds. The van der Waals surface area contributed by atoms with Crippen LogP contribution in [0.25, 0.3) is 0 Å². The van der Waals surface area contributed by atoms with Crippen LogP contribution in [0.3, 0.4) is 0 Å². The van der Waals surface area contributed by atoms with Crippen LogP contribution in [0, 0.1) is 0 Å². The van der Waals surface area contributed by atoms with Gasteiger partial charge >= 0.3 is 11.9 Å². The van der Waals surface area contributed by atoms with Crippen molar-refractivity contribution >= 4 is 11.9 Å². The lowest BCUT2D eigenvalue weighted by molar-refractivity contribution is -0.160. The molecule has 2 bridgehead atoms. The van der Waals surface area contributed by atoms with Crippen molar-refractivity contribution in [1.82, 2.24) is 4.90 Å². The van der Waals surface area contributed by atoms with Gasteiger partial charge in [0.25, 0.3) is 0 Å². The average Bonchev–Trinajstić information content (AvgIpc) is 2.80. The summed E-state index contributed by atoms with van der Waals surface area (Å²) in [5.74, 6) is -3.04. The Morgan fingerprint density at radius 2 is 1.71 bits per heavy atom. The van der Waals surface area contributed by atoms with Gasteiger partial charge < -0.3 is 9.84 Å². The maximum atomic E-state index is 12.5. The van der Waals surface area contributed by atoms with E-state index in [1.54, 1.807) is 30.3 Å². The highest BCUT2D eigenvalue weighted by atomic mass is 16.5. The summed E-state index contributed by atoms with van der Waals surface area (Å²) in [7, 11) is 0. The molecular weight excluding hydrogens is 306 g/mol. The molecule has 4 atom stereocenters. The second kappa shape index (κ2) is 6.93. The van der Waals surface area contributed by atoms with E-state index in [4.69, 9.17) is 4.74 Å².